The summed E-state index contributed by atoms with van der Waals surface area (Å²) in [5, 5.41) is 0. The first kappa shape index (κ1) is 20.8. The molecule has 0 saturated carbocycles. The van der Waals surface area contributed by atoms with Crippen molar-refractivity contribution in [1.82, 2.24) is 14.9 Å². The third-order valence-electron chi connectivity index (χ3n) is 4.79. The molecule has 8 heteroatoms. The summed E-state index contributed by atoms with van der Waals surface area (Å²) in [5.74, 6) is 0.353. The van der Waals surface area contributed by atoms with Crippen LogP contribution < -0.4 is 4.90 Å². The lowest BCUT2D eigenvalue weighted by atomic mass is 10.1. The number of carbonyl (C=O) groups is 2. The number of amides is 1. The second-order valence-corrected chi connectivity index (χ2v) is 8.30. The van der Waals surface area contributed by atoms with Crippen molar-refractivity contribution in [2.24, 2.45) is 0 Å². The number of benzene rings is 1. The Balaban J connectivity index is 1.84. The smallest absolute Gasteiger partial charge is 0.410 e. The molecule has 0 bridgehead atoms. The van der Waals surface area contributed by atoms with Gasteiger partial charge in [0.15, 0.2) is 5.82 Å². The molecule has 0 aliphatic carbocycles. The Bertz CT molecular complexity index is 938. The Hall–Kier alpha value is -2.90. The third-order valence-corrected chi connectivity index (χ3v) is 4.79. The first-order valence-electron chi connectivity index (χ1n) is 9.70. The predicted octanol–water partition coefficient (Wildman–Crippen LogP) is 3.17. The van der Waals surface area contributed by atoms with Crippen LogP contribution in [0, 0.1) is 6.92 Å². The molecule has 1 aromatic carbocycles. The van der Waals surface area contributed by atoms with Gasteiger partial charge in [-0.25, -0.2) is 19.6 Å². The van der Waals surface area contributed by atoms with Gasteiger partial charge in [0, 0.05) is 25.7 Å². The summed E-state index contributed by atoms with van der Waals surface area (Å²) in [6.45, 7) is 11.3. The highest BCUT2D eigenvalue weighted by Crippen LogP contribution is 2.25. The van der Waals surface area contributed by atoms with Crippen LogP contribution in [0.4, 0.5) is 10.6 Å². The van der Waals surface area contributed by atoms with Crippen molar-refractivity contribution in [1.29, 1.82) is 0 Å². The maximum atomic E-state index is 12.4. The topological polar surface area (TPSA) is 84.9 Å². The zero-order valence-corrected chi connectivity index (χ0v) is 17.9. The maximum Gasteiger partial charge on any atom is 0.410 e. The van der Waals surface area contributed by atoms with Crippen molar-refractivity contribution in [3.63, 3.8) is 0 Å². The number of fused-ring (bicyclic) bond motifs is 1. The third kappa shape index (κ3) is 4.58. The van der Waals surface area contributed by atoms with E-state index < -0.39 is 11.6 Å². The molecule has 3 rings (SSSR count). The number of anilines is 1. The molecule has 1 aliphatic heterocycles. The number of carbonyl (C=O) groups excluding carboxylic acids is 2. The summed E-state index contributed by atoms with van der Waals surface area (Å²) < 4.78 is 10.3. The van der Waals surface area contributed by atoms with E-state index in [0.29, 0.717) is 30.7 Å². The molecule has 1 aromatic heterocycles. The van der Waals surface area contributed by atoms with Crippen LogP contribution in [-0.4, -0.2) is 65.3 Å². The zero-order valence-electron chi connectivity index (χ0n) is 17.9. The highest BCUT2D eigenvalue weighted by molar-refractivity contribution is 5.93. The molecule has 2 heterocycles. The number of nitrogens with zero attached hydrogens (tertiary/aromatic N) is 4. The summed E-state index contributed by atoms with van der Waals surface area (Å²) in [6.07, 6.45) is -0.298. The van der Waals surface area contributed by atoms with Gasteiger partial charge in [-0.1, -0.05) is 0 Å². The van der Waals surface area contributed by atoms with Gasteiger partial charge in [-0.3, -0.25) is 0 Å². The number of aryl methyl sites for hydroxylation is 1. The molecule has 156 valence electrons. The zero-order chi connectivity index (χ0) is 21.3. The Morgan fingerprint density at radius 3 is 2.48 bits per heavy atom. The first-order valence-corrected chi connectivity index (χ1v) is 9.70. The highest BCUT2D eigenvalue weighted by atomic mass is 16.6. The maximum absolute atomic E-state index is 12.4. The summed E-state index contributed by atoms with van der Waals surface area (Å²) in [7, 11) is 1.35. The standard InChI is InChI=1S/C21H28N4O4/c1-13-12-24(20(27)29-21(3,4)5)9-10-25(13)18-14(2)22-16-8-7-15(19(26)28-6)11-17(16)23-18/h7-8,11,13H,9-10,12H2,1-6H3/t13-/m0/s1. The number of rotatable bonds is 2. The number of methoxy groups -OCH3 is 1. The first-order chi connectivity index (χ1) is 13.6. The summed E-state index contributed by atoms with van der Waals surface area (Å²) >= 11 is 0. The Kier molecular flexibility index (Phi) is 5.64. The summed E-state index contributed by atoms with van der Waals surface area (Å²) in [5.41, 5.74) is 2.08. The van der Waals surface area contributed by atoms with E-state index in [1.807, 2.05) is 34.6 Å². The van der Waals surface area contributed by atoms with Crippen LogP contribution in [-0.2, 0) is 9.47 Å². The van der Waals surface area contributed by atoms with E-state index in [0.717, 1.165) is 17.0 Å². The van der Waals surface area contributed by atoms with Crippen molar-refractivity contribution in [2.45, 2.75) is 46.3 Å². The molecule has 0 unspecified atom stereocenters. The highest BCUT2D eigenvalue weighted by Gasteiger charge is 2.31. The molecular formula is C21H28N4O4. The second-order valence-electron chi connectivity index (χ2n) is 8.30. The van der Waals surface area contributed by atoms with Gasteiger partial charge in [-0.2, -0.15) is 0 Å². The fraction of sp³-hybridized carbons (Fsp3) is 0.524. The van der Waals surface area contributed by atoms with E-state index in [4.69, 9.17) is 14.5 Å². The number of aromatic nitrogens is 2. The Morgan fingerprint density at radius 1 is 1.14 bits per heavy atom. The van der Waals surface area contributed by atoms with Crippen molar-refractivity contribution in [2.75, 3.05) is 31.6 Å². The van der Waals surface area contributed by atoms with Gasteiger partial charge in [0.05, 0.1) is 29.4 Å². The molecule has 0 spiro atoms. The number of piperazine rings is 1. The predicted molar refractivity (Wildman–Crippen MR) is 110 cm³/mol. The Morgan fingerprint density at radius 2 is 1.86 bits per heavy atom. The quantitative estimate of drug-likeness (QED) is 0.716. The van der Waals surface area contributed by atoms with E-state index in [9.17, 15) is 9.59 Å². The lowest BCUT2D eigenvalue weighted by Gasteiger charge is -2.41. The minimum absolute atomic E-state index is 0.0468. The molecular weight excluding hydrogens is 372 g/mol. The van der Waals surface area contributed by atoms with Gasteiger partial charge in [0.25, 0.3) is 0 Å². The molecule has 1 saturated heterocycles. The molecule has 1 fully saturated rings. The van der Waals surface area contributed by atoms with E-state index in [1.165, 1.54) is 7.11 Å². The number of hydrogen-bond donors (Lipinski definition) is 0. The second kappa shape index (κ2) is 7.85. The lowest BCUT2D eigenvalue weighted by Crippen LogP contribution is -2.55. The van der Waals surface area contributed by atoms with Crippen LogP contribution in [0.15, 0.2) is 18.2 Å². The van der Waals surface area contributed by atoms with Crippen LogP contribution in [0.3, 0.4) is 0 Å². The van der Waals surface area contributed by atoms with E-state index in [2.05, 4.69) is 9.88 Å². The average molecular weight is 400 g/mol. The monoisotopic (exact) mass is 400 g/mol. The van der Waals surface area contributed by atoms with Gasteiger partial charge in [0.1, 0.15) is 5.60 Å². The summed E-state index contributed by atoms with van der Waals surface area (Å²) in [6, 6.07) is 5.20. The number of esters is 1. The van der Waals surface area contributed by atoms with Crippen LogP contribution in [0.2, 0.25) is 0 Å². The SMILES string of the molecule is COC(=O)c1ccc2nc(C)c(N3CCN(C(=O)OC(C)(C)C)C[C@@H]3C)nc2c1. The average Bonchev–Trinajstić information content (AvgIpc) is 2.65. The molecule has 8 nitrogen and oxygen atoms in total. The minimum Gasteiger partial charge on any atom is -0.465 e. The van der Waals surface area contributed by atoms with E-state index in [1.54, 1.807) is 23.1 Å². The largest absolute Gasteiger partial charge is 0.465 e. The van der Waals surface area contributed by atoms with Crippen molar-refractivity contribution >= 4 is 28.9 Å². The lowest BCUT2D eigenvalue weighted by molar-refractivity contribution is 0.0218. The summed E-state index contributed by atoms with van der Waals surface area (Å²) in [4.78, 5) is 37.5. The molecule has 1 amide bonds. The van der Waals surface area contributed by atoms with E-state index in [-0.39, 0.29) is 12.1 Å². The van der Waals surface area contributed by atoms with Crippen molar-refractivity contribution in [3.05, 3.63) is 29.5 Å². The van der Waals surface area contributed by atoms with Crippen LogP contribution >= 0.6 is 0 Å². The molecule has 0 radical (unpaired) electrons. The van der Waals surface area contributed by atoms with Crippen LogP contribution in [0.25, 0.3) is 11.0 Å². The number of ether oxygens (including phenoxy) is 2. The van der Waals surface area contributed by atoms with Crippen LogP contribution in [0.1, 0.15) is 43.7 Å². The van der Waals surface area contributed by atoms with Crippen molar-refractivity contribution in [3.8, 4) is 0 Å². The van der Waals surface area contributed by atoms with Crippen LogP contribution in [0.5, 0.6) is 0 Å². The van der Waals surface area contributed by atoms with E-state index >= 15 is 0 Å². The van der Waals surface area contributed by atoms with Gasteiger partial charge in [-0.15, -0.1) is 0 Å². The molecule has 1 aliphatic rings. The fourth-order valence-electron chi connectivity index (χ4n) is 3.41. The van der Waals surface area contributed by atoms with Gasteiger partial charge < -0.3 is 19.3 Å². The Labute approximate surface area is 170 Å². The fourth-order valence-corrected chi connectivity index (χ4v) is 3.41. The molecule has 2 aromatic rings. The molecule has 1 atom stereocenters. The number of hydrogen-bond acceptors (Lipinski definition) is 7. The van der Waals surface area contributed by atoms with Crippen molar-refractivity contribution < 1.29 is 19.1 Å². The normalized spacial score (nSPS) is 17.4. The van der Waals surface area contributed by atoms with Gasteiger partial charge in [0.2, 0.25) is 0 Å². The minimum atomic E-state index is -0.519. The molecule has 0 N–H and O–H groups in total. The molecule has 29 heavy (non-hydrogen) atoms. The van der Waals surface area contributed by atoms with Gasteiger partial charge >= 0.3 is 12.1 Å². The van der Waals surface area contributed by atoms with Gasteiger partial charge in [-0.05, 0) is 52.8 Å².